The van der Waals surface area contributed by atoms with Crippen LogP contribution in [0.5, 0.6) is 0 Å². The van der Waals surface area contributed by atoms with Gasteiger partial charge in [0.2, 0.25) is 5.79 Å². The highest BCUT2D eigenvalue weighted by molar-refractivity contribution is 5.04. The summed E-state index contributed by atoms with van der Waals surface area (Å²) in [5, 5.41) is 0. The van der Waals surface area contributed by atoms with Gasteiger partial charge in [0.05, 0.1) is 0 Å². The van der Waals surface area contributed by atoms with Gasteiger partial charge in [-0.05, 0) is 12.2 Å². The van der Waals surface area contributed by atoms with Crippen LogP contribution in [0.25, 0.3) is 0 Å². The standard InChI is InChI=1S/C9H10O2/c1-8-7-10-9(11-8)5-3-2-4-6-9/h3-4H,1,5-7H2. The summed E-state index contributed by atoms with van der Waals surface area (Å²) in [5.74, 6) is 0.302. The SMILES string of the molecule is C=C1COC2(CC=C=CC2)O1. The largest absolute Gasteiger partial charge is 0.464 e. The van der Waals surface area contributed by atoms with Crippen LogP contribution < -0.4 is 0 Å². The Hall–Kier alpha value is -0.980. The molecule has 2 nitrogen and oxygen atoms in total. The van der Waals surface area contributed by atoms with Crippen molar-refractivity contribution < 1.29 is 9.47 Å². The second-order valence-electron chi connectivity index (χ2n) is 2.82. The molecule has 0 atom stereocenters. The maximum absolute atomic E-state index is 5.47. The van der Waals surface area contributed by atoms with Gasteiger partial charge in [0, 0.05) is 12.8 Å². The highest BCUT2D eigenvalue weighted by Gasteiger charge is 2.37. The topological polar surface area (TPSA) is 18.5 Å². The minimum absolute atomic E-state index is 0.428. The molecular weight excluding hydrogens is 140 g/mol. The van der Waals surface area contributed by atoms with E-state index in [0.29, 0.717) is 6.61 Å². The Kier molecular flexibility index (Phi) is 1.38. The summed E-state index contributed by atoms with van der Waals surface area (Å²) in [5.41, 5.74) is 3.01. The van der Waals surface area contributed by atoms with Crippen LogP contribution in [0.1, 0.15) is 12.8 Å². The van der Waals surface area contributed by atoms with Crippen LogP contribution in [-0.2, 0) is 9.47 Å². The fourth-order valence-electron chi connectivity index (χ4n) is 1.33. The Bertz CT molecular complexity index is 228. The smallest absolute Gasteiger partial charge is 0.218 e. The predicted molar refractivity (Wildman–Crippen MR) is 40.8 cm³/mol. The van der Waals surface area contributed by atoms with E-state index in [1.165, 1.54) is 0 Å². The molecule has 1 spiro atoms. The molecule has 1 fully saturated rings. The molecule has 2 aliphatic rings. The lowest BCUT2D eigenvalue weighted by molar-refractivity contribution is -0.143. The van der Waals surface area contributed by atoms with Crippen molar-refractivity contribution in [2.45, 2.75) is 18.6 Å². The number of ether oxygens (including phenoxy) is 2. The molecule has 11 heavy (non-hydrogen) atoms. The van der Waals surface area contributed by atoms with E-state index in [1.807, 2.05) is 12.2 Å². The molecule has 58 valence electrons. The molecule has 1 saturated heterocycles. The molecule has 0 saturated carbocycles. The van der Waals surface area contributed by atoms with Crippen LogP contribution in [0.4, 0.5) is 0 Å². The highest BCUT2D eigenvalue weighted by Crippen LogP contribution is 2.33. The summed E-state index contributed by atoms with van der Waals surface area (Å²) < 4.78 is 10.9. The number of hydrogen-bond acceptors (Lipinski definition) is 2. The van der Waals surface area contributed by atoms with Crippen LogP contribution >= 0.6 is 0 Å². The van der Waals surface area contributed by atoms with Crippen molar-refractivity contribution in [3.8, 4) is 0 Å². The van der Waals surface area contributed by atoms with E-state index in [2.05, 4.69) is 12.3 Å². The molecule has 2 rings (SSSR count). The molecule has 0 radical (unpaired) electrons. The van der Waals surface area contributed by atoms with Gasteiger partial charge in [-0.15, -0.1) is 5.73 Å². The summed E-state index contributed by atoms with van der Waals surface area (Å²) in [6.45, 7) is 4.24. The molecule has 0 aromatic carbocycles. The summed E-state index contributed by atoms with van der Waals surface area (Å²) in [7, 11) is 0. The van der Waals surface area contributed by atoms with Crippen LogP contribution in [0.3, 0.4) is 0 Å². The third-order valence-corrected chi connectivity index (χ3v) is 1.89. The summed E-state index contributed by atoms with van der Waals surface area (Å²) >= 11 is 0. The lowest BCUT2D eigenvalue weighted by atomic mass is 10.1. The Morgan fingerprint density at radius 3 is 2.73 bits per heavy atom. The Labute approximate surface area is 65.8 Å². The van der Waals surface area contributed by atoms with Crippen LogP contribution in [0, 0.1) is 0 Å². The van der Waals surface area contributed by atoms with Gasteiger partial charge in [-0.1, -0.05) is 6.58 Å². The fourth-order valence-corrected chi connectivity index (χ4v) is 1.33. The molecule has 0 N–H and O–H groups in total. The number of rotatable bonds is 0. The van der Waals surface area contributed by atoms with Crippen molar-refractivity contribution in [3.05, 3.63) is 30.2 Å². The first-order valence-electron chi connectivity index (χ1n) is 3.71. The monoisotopic (exact) mass is 150 g/mol. The summed E-state index contributed by atoms with van der Waals surface area (Å²) in [6, 6.07) is 0. The molecular formula is C9H10O2. The second-order valence-corrected chi connectivity index (χ2v) is 2.82. The van der Waals surface area contributed by atoms with Gasteiger partial charge in [0.15, 0.2) is 0 Å². The van der Waals surface area contributed by atoms with E-state index < -0.39 is 5.79 Å². The van der Waals surface area contributed by atoms with Crippen molar-refractivity contribution in [1.82, 2.24) is 0 Å². The van der Waals surface area contributed by atoms with E-state index >= 15 is 0 Å². The summed E-state index contributed by atoms with van der Waals surface area (Å²) in [6.07, 6.45) is 5.43. The molecule has 1 aliphatic carbocycles. The molecule has 1 heterocycles. The van der Waals surface area contributed by atoms with Crippen molar-refractivity contribution in [1.29, 1.82) is 0 Å². The first-order chi connectivity index (χ1) is 5.31. The van der Waals surface area contributed by atoms with Gasteiger partial charge >= 0.3 is 0 Å². The molecule has 2 heteroatoms. The maximum atomic E-state index is 5.47. The third-order valence-electron chi connectivity index (χ3n) is 1.89. The van der Waals surface area contributed by atoms with Crippen LogP contribution in [0.2, 0.25) is 0 Å². The zero-order valence-corrected chi connectivity index (χ0v) is 6.30. The van der Waals surface area contributed by atoms with Gasteiger partial charge in [-0.2, -0.15) is 0 Å². The molecule has 0 aromatic rings. The van der Waals surface area contributed by atoms with E-state index in [9.17, 15) is 0 Å². The van der Waals surface area contributed by atoms with E-state index in [-0.39, 0.29) is 0 Å². The van der Waals surface area contributed by atoms with Gasteiger partial charge in [0.25, 0.3) is 0 Å². The number of hydrogen-bond donors (Lipinski definition) is 0. The Balaban J connectivity index is 2.14. The fraction of sp³-hybridized carbons (Fsp3) is 0.444. The minimum atomic E-state index is -0.428. The van der Waals surface area contributed by atoms with Gasteiger partial charge in [-0.3, -0.25) is 0 Å². The van der Waals surface area contributed by atoms with Crippen molar-refractivity contribution in [2.75, 3.05) is 6.61 Å². The quantitative estimate of drug-likeness (QED) is 0.490. The van der Waals surface area contributed by atoms with E-state index in [1.54, 1.807) is 0 Å². The molecule has 0 unspecified atom stereocenters. The summed E-state index contributed by atoms with van der Waals surface area (Å²) in [4.78, 5) is 0. The zero-order chi connectivity index (χ0) is 7.73. The van der Waals surface area contributed by atoms with Gasteiger partial charge in [-0.25, -0.2) is 0 Å². The lowest BCUT2D eigenvalue weighted by Gasteiger charge is -2.25. The maximum Gasteiger partial charge on any atom is 0.218 e. The average Bonchev–Trinajstić information content (AvgIpc) is 2.34. The average molecular weight is 150 g/mol. The van der Waals surface area contributed by atoms with Crippen LogP contribution in [-0.4, -0.2) is 12.4 Å². The normalized spacial score (nSPS) is 26.0. The van der Waals surface area contributed by atoms with E-state index in [0.717, 1.165) is 18.6 Å². The first kappa shape index (κ1) is 6.71. The molecule has 0 aromatic heterocycles. The zero-order valence-electron chi connectivity index (χ0n) is 6.30. The van der Waals surface area contributed by atoms with Crippen molar-refractivity contribution in [3.63, 3.8) is 0 Å². The lowest BCUT2D eigenvalue weighted by Crippen LogP contribution is -2.29. The molecule has 1 aliphatic heterocycles. The second kappa shape index (κ2) is 2.26. The third kappa shape index (κ3) is 1.11. The minimum Gasteiger partial charge on any atom is -0.464 e. The van der Waals surface area contributed by atoms with Crippen molar-refractivity contribution >= 4 is 0 Å². The first-order valence-corrected chi connectivity index (χ1v) is 3.71. The predicted octanol–water partition coefficient (Wildman–Crippen LogP) is 1.75. The Morgan fingerprint density at radius 1 is 1.45 bits per heavy atom. The molecule has 0 amide bonds. The van der Waals surface area contributed by atoms with Crippen molar-refractivity contribution in [2.24, 2.45) is 0 Å². The highest BCUT2D eigenvalue weighted by atomic mass is 16.7. The van der Waals surface area contributed by atoms with E-state index in [4.69, 9.17) is 9.47 Å². The molecule has 0 bridgehead atoms. The van der Waals surface area contributed by atoms with Gasteiger partial charge < -0.3 is 9.47 Å². The Morgan fingerprint density at radius 2 is 2.18 bits per heavy atom. The van der Waals surface area contributed by atoms with Crippen LogP contribution in [0.15, 0.2) is 30.2 Å². The van der Waals surface area contributed by atoms with Gasteiger partial charge in [0.1, 0.15) is 12.4 Å².